The molecule has 6 heteroatoms. The second-order valence-corrected chi connectivity index (χ2v) is 5.64. The number of guanidine groups is 1. The minimum atomic E-state index is -2.51. The van der Waals surface area contributed by atoms with Crippen LogP contribution in [-0.4, -0.2) is 49.1 Å². The Kier molecular flexibility index (Phi) is 4.60. The lowest BCUT2D eigenvalue weighted by Gasteiger charge is -2.32. The number of alkyl halides is 2. The van der Waals surface area contributed by atoms with Gasteiger partial charge in [-0.2, -0.15) is 0 Å². The Labute approximate surface area is 113 Å². The summed E-state index contributed by atoms with van der Waals surface area (Å²) in [6.45, 7) is 4.48. The number of nitrogens with two attached hydrogens (primary N) is 1. The zero-order valence-corrected chi connectivity index (χ0v) is 11.4. The van der Waals surface area contributed by atoms with Crippen LogP contribution in [0.25, 0.3) is 0 Å². The van der Waals surface area contributed by atoms with Gasteiger partial charge in [-0.1, -0.05) is 0 Å². The monoisotopic (exact) mass is 275 g/mol. The fourth-order valence-electron chi connectivity index (χ4n) is 2.78. The van der Waals surface area contributed by atoms with Gasteiger partial charge in [0.25, 0.3) is 0 Å². The number of hydrogen-bond donors (Lipinski definition) is 1. The van der Waals surface area contributed by atoms with Crippen molar-refractivity contribution in [1.29, 1.82) is 0 Å². The molecule has 1 heterocycles. The molecule has 4 nitrogen and oxygen atoms in total. The molecule has 0 aromatic carbocycles. The van der Waals surface area contributed by atoms with E-state index in [1.165, 1.54) is 0 Å². The Bertz CT molecular complexity index is 336. The van der Waals surface area contributed by atoms with E-state index >= 15 is 0 Å². The van der Waals surface area contributed by atoms with Gasteiger partial charge in [-0.15, -0.1) is 0 Å². The molecule has 2 fully saturated rings. The van der Waals surface area contributed by atoms with Crippen LogP contribution in [0.2, 0.25) is 0 Å². The Balaban J connectivity index is 1.83. The summed E-state index contributed by atoms with van der Waals surface area (Å²) in [7, 11) is 0. The van der Waals surface area contributed by atoms with Gasteiger partial charge in [0.15, 0.2) is 5.96 Å². The summed E-state index contributed by atoms with van der Waals surface area (Å²) in [5, 5.41) is 0. The van der Waals surface area contributed by atoms with Crippen molar-refractivity contribution in [2.24, 2.45) is 16.6 Å². The van der Waals surface area contributed by atoms with E-state index in [4.69, 9.17) is 10.5 Å². The van der Waals surface area contributed by atoms with Gasteiger partial charge in [-0.05, 0) is 25.7 Å². The molecule has 1 saturated heterocycles. The van der Waals surface area contributed by atoms with Crippen LogP contribution in [0.5, 0.6) is 0 Å². The maximum Gasteiger partial charge on any atom is 0.248 e. The second-order valence-electron chi connectivity index (χ2n) is 5.64. The highest BCUT2D eigenvalue weighted by molar-refractivity contribution is 5.78. The van der Waals surface area contributed by atoms with Crippen LogP contribution < -0.4 is 5.73 Å². The number of aliphatic imine (C=N–C) groups is 1. The largest absolute Gasteiger partial charge is 0.375 e. The van der Waals surface area contributed by atoms with Crippen molar-refractivity contribution in [3.63, 3.8) is 0 Å². The van der Waals surface area contributed by atoms with Gasteiger partial charge < -0.3 is 15.4 Å². The Morgan fingerprint density at radius 1 is 1.53 bits per heavy atom. The van der Waals surface area contributed by atoms with Crippen LogP contribution in [0.1, 0.15) is 32.6 Å². The van der Waals surface area contributed by atoms with Crippen LogP contribution >= 0.6 is 0 Å². The van der Waals surface area contributed by atoms with Gasteiger partial charge in [0.1, 0.15) is 0 Å². The Morgan fingerprint density at radius 2 is 2.32 bits per heavy atom. The topological polar surface area (TPSA) is 50.8 Å². The number of rotatable bonds is 2. The van der Waals surface area contributed by atoms with E-state index in [1.807, 2.05) is 11.8 Å². The minimum absolute atomic E-state index is 0.0175. The fraction of sp³-hybridized carbons (Fsp3) is 0.923. The van der Waals surface area contributed by atoms with Gasteiger partial charge in [0.2, 0.25) is 5.92 Å². The van der Waals surface area contributed by atoms with Crippen molar-refractivity contribution >= 4 is 5.96 Å². The molecule has 0 bridgehead atoms. The number of ether oxygens (including phenoxy) is 1. The van der Waals surface area contributed by atoms with E-state index in [0.717, 1.165) is 19.5 Å². The molecule has 2 atom stereocenters. The number of halogens is 2. The SMILES string of the molecule is CC1CN(C(N)=NCC2CCCC(F)(F)C2)CCO1. The van der Waals surface area contributed by atoms with Crippen molar-refractivity contribution in [2.75, 3.05) is 26.2 Å². The van der Waals surface area contributed by atoms with Gasteiger partial charge in [0, 0.05) is 32.5 Å². The summed E-state index contributed by atoms with van der Waals surface area (Å²) in [6.07, 6.45) is 1.52. The highest BCUT2D eigenvalue weighted by Crippen LogP contribution is 2.36. The number of morpholine rings is 1. The fourth-order valence-corrected chi connectivity index (χ4v) is 2.78. The molecule has 0 aromatic rings. The zero-order valence-electron chi connectivity index (χ0n) is 11.4. The van der Waals surface area contributed by atoms with Crippen LogP contribution in [0.3, 0.4) is 0 Å². The van der Waals surface area contributed by atoms with E-state index < -0.39 is 5.92 Å². The predicted octanol–water partition coefficient (Wildman–Crippen LogP) is 1.85. The Hall–Kier alpha value is -0.910. The minimum Gasteiger partial charge on any atom is -0.375 e. The molecule has 2 rings (SSSR count). The van der Waals surface area contributed by atoms with Crippen molar-refractivity contribution in [1.82, 2.24) is 4.90 Å². The summed E-state index contributed by atoms with van der Waals surface area (Å²) >= 11 is 0. The van der Waals surface area contributed by atoms with Crippen LogP contribution in [-0.2, 0) is 4.74 Å². The van der Waals surface area contributed by atoms with Crippen LogP contribution in [0, 0.1) is 5.92 Å². The third kappa shape index (κ3) is 4.30. The average molecular weight is 275 g/mol. The summed E-state index contributed by atoms with van der Waals surface area (Å²) < 4.78 is 32.0. The third-order valence-corrected chi connectivity index (χ3v) is 3.82. The first-order valence-electron chi connectivity index (χ1n) is 7.00. The lowest BCUT2D eigenvalue weighted by Crippen LogP contribution is -2.48. The molecule has 2 unspecified atom stereocenters. The number of nitrogens with zero attached hydrogens (tertiary/aromatic N) is 2. The molecular formula is C13H23F2N3O. The Morgan fingerprint density at radius 3 is 3.00 bits per heavy atom. The van der Waals surface area contributed by atoms with Crippen molar-refractivity contribution in [3.05, 3.63) is 0 Å². The summed E-state index contributed by atoms with van der Waals surface area (Å²) in [4.78, 5) is 6.27. The normalized spacial score (nSPS) is 32.4. The predicted molar refractivity (Wildman–Crippen MR) is 70.4 cm³/mol. The summed E-state index contributed by atoms with van der Waals surface area (Å²) in [6, 6.07) is 0. The molecule has 110 valence electrons. The van der Waals surface area contributed by atoms with Crippen molar-refractivity contribution in [3.8, 4) is 0 Å². The van der Waals surface area contributed by atoms with Crippen molar-refractivity contribution in [2.45, 2.75) is 44.6 Å². The molecule has 2 N–H and O–H groups in total. The van der Waals surface area contributed by atoms with Gasteiger partial charge in [-0.3, -0.25) is 4.99 Å². The highest BCUT2D eigenvalue weighted by Gasteiger charge is 2.36. The first-order valence-corrected chi connectivity index (χ1v) is 7.00. The van der Waals surface area contributed by atoms with Crippen molar-refractivity contribution < 1.29 is 13.5 Å². The quantitative estimate of drug-likeness (QED) is 0.618. The maximum absolute atomic E-state index is 13.3. The smallest absolute Gasteiger partial charge is 0.248 e. The van der Waals surface area contributed by atoms with Gasteiger partial charge >= 0.3 is 0 Å². The third-order valence-electron chi connectivity index (χ3n) is 3.82. The molecule has 0 spiro atoms. The number of hydrogen-bond acceptors (Lipinski definition) is 2. The van der Waals surface area contributed by atoms with Crippen LogP contribution in [0.15, 0.2) is 4.99 Å². The lowest BCUT2D eigenvalue weighted by molar-refractivity contribution is -0.0508. The van der Waals surface area contributed by atoms with E-state index in [0.29, 0.717) is 25.5 Å². The lowest BCUT2D eigenvalue weighted by atomic mass is 9.87. The maximum atomic E-state index is 13.3. The highest BCUT2D eigenvalue weighted by atomic mass is 19.3. The first kappa shape index (κ1) is 14.5. The molecule has 1 saturated carbocycles. The molecule has 1 aliphatic heterocycles. The summed E-state index contributed by atoms with van der Waals surface area (Å²) in [5.41, 5.74) is 5.93. The molecule has 2 aliphatic rings. The van der Waals surface area contributed by atoms with Gasteiger partial charge in [-0.25, -0.2) is 8.78 Å². The standard InChI is InChI=1S/C13H23F2N3O/c1-10-9-18(5-6-19-10)12(16)17-8-11-3-2-4-13(14,15)7-11/h10-11H,2-9H2,1H3,(H2,16,17). The first-order chi connectivity index (χ1) is 8.96. The van der Waals surface area contributed by atoms with E-state index in [2.05, 4.69) is 4.99 Å². The van der Waals surface area contributed by atoms with Gasteiger partial charge in [0.05, 0.1) is 12.7 Å². The average Bonchev–Trinajstić information content (AvgIpc) is 2.35. The second kappa shape index (κ2) is 6.03. The van der Waals surface area contributed by atoms with E-state index in [1.54, 1.807) is 0 Å². The molecular weight excluding hydrogens is 252 g/mol. The summed E-state index contributed by atoms with van der Waals surface area (Å²) in [5.74, 6) is -2.09. The molecule has 0 aromatic heterocycles. The van der Waals surface area contributed by atoms with Crippen LogP contribution in [0.4, 0.5) is 8.78 Å². The molecule has 0 amide bonds. The van der Waals surface area contributed by atoms with E-state index in [-0.39, 0.29) is 24.9 Å². The molecule has 0 radical (unpaired) electrons. The zero-order chi connectivity index (χ0) is 13.9. The molecule has 1 aliphatic carbocycles. The molecule has 19 heavy (non-hydrogen) atoms. The van der Waals surface area contributed by atoms with E-state index in [9.17, 15) is 8.78 Å².